The van der Waals surface area contributed by atoms with Crippen LogP contribution in [0.1, 0.15) is 24.5 Å². The molecule has 1 heterocycles. The van der Waals surface area contributed by atoms with E-state index in [-0.39, 0.29) is 29.1 Å². The van der Waals surface area contributed by atoms with Gasteiger partial charge in [-0.05, 0) is 49.1 Å². The second kappa shape index (κ2) is 10.2. The number of rotatable bonds is 9. The van der Waals surface area contributed by atoms with Crippen LogP contribution in [0.25, 0.3) is 10.9 Å². The van der Waals surface area contributed by atoms with Crippen LogP contribution < -0.4 is 5.32 Å². The molecule has 34 heavy (non-hydrogen) atoms. The van der Waals surface area contributed by atoms with E-state index in [2.05, 4.69) is 17.4 Å². The number of hydrogen-bond acceptors (Lipinski definition) is 3. The molecular weight excluding hydrogens is 451 g/mol. The van der Waals surface area contributed by atoms with E-state index in [9.17, 15) is 17.6 Å². The molecule has 0 aliphatic rings. The van der Waals surface area contributed by atoms with Crippen molar-refractivity contribution in [1.82, 2.24) is 9.88 Å². The minimum Gasteiger partial charge on any atom is -0.352 e. The number of para-hydroxylation sites is 1. The number of aromatic nitrogens is 1. The maximum absolute atomic E-state index is 13.6. The van der Waals surface area contributed by atoms with Gasteiger partial charge in [0, 0.05) is 23.1 Å². The lowest BCUT2D eigenvalue weighted by molar-refractivity contribution is -0.122. The summed E-state index contributed by atoms with van der Waals surface area (Å²) in [5.74, 6) is -0.981. The molecule has 0 fully saturated rings. The number of hydrogen-bond donors (Lipinski definition) is 1. The summed E-state index contributed by atoms with van der Waals surface area (Å²) in [6, 6.07) is 22.7. The summed E-state index contributed by atoms with van der Waals surface area (Å²) in [7, 11) is -3.75. The van der Waals surface area contributed by atoms with E-state index in [4.69, 9.17) is 0 Å². The number of carbonyl (C=O) groups is 1. The van der Waals surface area contributed by atoms with Gasteiger partial charge < -0.3 is 9.88 Å². The third-order valence-corrected chi connectivity index (χ3v) is 7.47. The van der Waals surface area contributed by atoms with Gasteiger partial charge in [-0.15, -0.1) is 0 Å². The van der Waals surface area contributed by atoms with Gasteiger partial charge in [0.2, 0.25) is 5.91 Å². The van der Waals surface area contributed by atoms with Gasteiger partial charge in [-0.1, -0.05) is 60.7 Å². The summed E-state index contributed by atoms with van der Waals surface area (Å²) in [5.41, 5.74) is 2.25. The van der Waals surface area contributed by atoms with Crippen LogP contribution in [0, 0.1) is 5.82 Å². The number of aryl methyl sites for hydroxylation is 1. The quantitative estimate of drug-likeness (QED) is 0.372. The van der Waals surface area contributed by atoms with E-state index in [1.807, 2.05) is 31.2 Å². The largest absolute Gasteiger partial charge is 0.352 e. The van der Waals surface area contributed by atoms with Crippen molar-refractivity contribution in [2.24, 2.45) is 0 Å². The van der Waals surface area contributed by atoms with Crippen LogP contribution in [0.2, 0.25) is 0 Å². The zero-order chi connectivity index (χ0) is 24.1. The summed E-state index contributed by atoms with van der Waals surface area (Å²) in [6.07, 6.45) is 3.17. The number of nitrogens with zero attached hydrogens (tertiary/aromatic N) is 1. The minimum absolute atomic E-state index is 0.00563. The van der Waals surface area contributed by atoms with Crippen LogP contribution in [0.3, 0.4) is 0 Å². The maximum atomic E-state index is 13.6. The molecule has 0 saturated carbocycles. The molecule has 1 amide bonds. The first kappa shape index (κ1) is 23.7. The molecule has 0 aliphatic carbocycles. The van der Waals surface area contributed by atoms with Crippen LogP contribution in [-0.2, 0) is 33.4 Å². The SMILES string of the molecule is CC(CCc1ccccc1)NC(=O)Cn1cc(S(=O)(=O)Cc2cccc(F)c2)c2ccccc21. The summed E-state index contributed by atoms with van der Waals surface area (Å²) in [5, 5.41) is 3.55. The van der Waals surface area contributed by atoms with Crippen molar-refractivity contribution in [1.29, 1.82) is 0 Å². The second-order valence-corrected chi connectivity index (χ2v) is 10.5. The normalized spacial score (nSPS) is 12.5. The number of fused-ring (bicyclic) bond motifs is 1. The van der Waals surface area contributed by atoms with E-state index in [0.29, 0.717) is 16.5 Å². The third-order valence-electron chi connectivity index (χ3n) is 5.76. The van der Waals surface area contributed by atoms with Gasteiger partial charge in [0.25, 0.3) is 0 Å². The Kier molecular flexibility index (Phi) is 7.12. The van der Waals surface area contributed by atoms with Gasteiger partial charge in [-0.3, -0.25) is 4.79 Å². The third kappa shape index (κ3) is 5.72. The van der Waals surface area contributed by atoms with E-state index >= 15 is 0 Å². The molecule has 0 bridgehead atoms. The molecule has 3 aromatic carbocycles. The molecule has 0 spiro atoms. The maximum Gasteiger partial charge on any atom is 0.240 e. The highest BCUT2D eigenvalue weighted by molar-refractivity contribution is 7.90. The van der Waals surface area contributed by atoms with Gasteiger partial charge >= 0.3 is 0 Å². The van der Waals surface area contributed by atoms with Crippen LogP contribution in [0.4, 0.5) is 4.39 Å². The fraction of sp³-hybridized carbons (Fsp3) is 0.222. The average molecular weight is 479 g/mol. The highest BCUT2D eigenvalue weighted by Crippen LogP contribution is 2.28. The fourth-order valence-corrected chi connectivity index (χ4v) is 5.66. The van der Waals surface area contributed by atoms with Crippen LogP contribution in [-0.4, -0.2) is 24.9 Å². The van der Waals surface area contributed by atoms with Crippen LogP contribution in [0.5, 0.6) is 0 Å². The molecule has 0 radical (unpaired) electrons. The van der Waals surface area contributed by atoms with Crippen molar-refractivity contribution >= 4 is 26.6 Å². The van der Waals surface area contributed by atoms with Crippen molar-refractivity contribution < 1.29 is 17.6 Å². The molecule has 1 N–H and O–H groups in total. The van der Waals surface area contributed by atoms with Crippen LogP contribution >= 0.6 is 0 Å². The Morgan fingerprint density at radius 1 is 0.971 bits per heavy atom. The predicted molar refractivity (Wildman–Crippen MR) is 132 cm³/mol. The van der Waals surface area contributed by atoms with Crippen molar-refractivity contribution in [3.8, 4) is 0 Å². The molecule has 4 rings (SSSR count). The van der Waals surface area contributed by atoms with Crippen LogP contribution in [0.15, 0.2) is 90.0 Å². The monoisotopic (exact) mass is 478 g/mol. The summed E-state index contributed by atoms with van der Waals surface area (Å²) < 4.78 is 41.6. The van der Waals surface area contributed by atoms with E-state index in [0.717, 1.165) is 12.8 Å². The Balaban J connectivity index is 1.49. The highest BCUT2D eigenvalue weighted by atomic mass is 32.2. The average Bonchev–Trinajstić information content (AvgIpc) is 3.17. The van der Waals surface area contributed by atoms with Crippen molar-refractivity contribution in [2.75, 3.05) is 0 Å². The van der Waals surface area contributed by atoms with Gasteiger partial charge in [-0.2, -0.15) is 0 Å². The summed E-state index contributed by atoms with van der Waals surface area (Å²) in [4.78, 5) is 12.9. The van der Waals surface area contributed by atoms with Crippen molar-refractivity contribution in [3.05, 3.63) is 102 Å². The Morgan fingerprint density at radius 2 is 1.68 bits per heavy atom. The Hall–Kier alpha value is -3.45. The molecule has 1 aromatic heterocycles. The first-order valence-corrected chi connectivity index (χ1v) is 12.9. The molecule has 1 atom stereocenters. The zero-order valence-electron chi connectivity index (χ0n) is 18.9. The van der Waals surface area contributed by atoms with E-state index in [1.165, 1.54) is 30.0 Å². The number of halogens is 1. The molecule has 0 saturated heterocycles. The molecule has 176 valence electrons. The summed E-state index contributed by atoms with van der Waals surface area (Å²) >= 11 is 0. The Bertz CT molecular complexity index is 1400. The molecule has 4 aromatic rings. The number of carbonyl (C=O) groups excluding carboxylic acids is 1. The molecular formula is C27H27FN2O3S. The molecule has 0 aliphatic heterocycles. The lowest BCUT2D eigenvalue weighted by Gasteiger charge is -2.14. The fourth-order valence-electron chi connectivity index (χ4n) is 4.09. The molecule has 1 unspecified atom stereocenters. The van der Waals surface area contributed by atoms with Crippen molar-refractivity contribution in [2.45, 2.75) is 43.0 Å². The Labute approximate surface area is 199 Å². The number of amides is 1. The first-order chi connectivity index (χ1) is 16.3. The lowest BCUT2D eigenvalue weighted by Crippen LogP contribution is -2.35. The highest BCUT2D eigenvalue weighted by Gasteiger charge is 2.23. The smallest absolute Gasteiger partial charge is 0.240 e. The van der Waals surface area contributed by atoms with Gasteiger partial charge in [0.15, 0.2) is 9.84 Å². The van der Waals surface area contributed by atoms with Gasteiger partial charge in [0.1, 0.15) is 12.4 Å². The number of benzene rings is 3. The van der Waals surface area contributed by atoms with Gasteiger partial charge in [-0.25, -0.2) is 12.8 Å². The van der Waals surface area contributed by atoms with E-state index in [1.54, 1.807) is 28.8 Å². The number of sulfone groups is 1. The minimum atomic E-state index is -3.75. The zero-order valence-corrected chi connectivity index (χ0v) is 19.8. The predicted octanol–water partition coefficient (Wildman–Crippen LogP) is 4.89. The molecule has 7 heteroatoms. The number of nitrogens with one attached hydrogen (secondary N) is 1. The first-order valence-electron chi connectivity index (χ1n) is 11.2. The van der Waals surface area contributed by atoms with Gasteiger partial charge in [0.05, 0.1) is 10.6 Å². The lowest BCUT2D eigenvalue weighted by atomic mass is 10.1. The second-order valence-electron chi connectivity index (χ2n) is 8.52. The Morgan fingerprint density at radius 3 is 2.44 bits per heavy atom. The van der Waals surface area contributed by atoms with Crippen molar-refractivity contribution in [3.63, 3.8) is 0 Å². The standard InChI is InChI=1S/C27H27FN2O3S/c1-20(14-15-21-8-3-2-4-9-21)29-27(31)18-30-17-26(24-12-5-6-13-25(24)30)34(32,33)19-22-10-7-11-23(28)16-22/h2-13,16-17,20H,14-15,18-19H2,1H3,(H,29,31). The topological polar surface area (TPSA) is 68.2 Å². The summed E-state index contributed by atoms with van der Waals surface area (Å²) in [6.45, 7) is 1.97. The molecule has 5 nitrogen and oxygen atoms in total. The van der Waals surface area contributed by atoms with E-state index < -0.39 is 15.7 Å².